The van der Waals surface area contributed by atoms with Gasteiger partial charge in [0, 0.05) is 23.1 Å². The number of halogens is 2. The van der Waals surface area contributed by atoms with E-state index in [4.69, 9.17) is 8.85 Å². The van der Waals surface area contributed by atoms with Gasteiger partial charge in [-0.1, -0.05) is 11.2 Å². The van der Waals surface area contributed by atoms with E-state index >= 15 is 0 Å². The third kappa shape index (κ3) is 4.71. The van der Waals surface area contributed by atoms with Gasteiger partial charge in [-0.25, -0.2) is 0 Å². The summed E-state index contributed by atoms with van der Waals surface area (Å²) in [5.41, 5.74) is 0.00180. The molecular formula is C20H19F2N7O4. The van der Waals surface area contributed by atoms with Crippen LogP contribution in [0, 0.1) is 5.92 Å². The number of benzene rings is 1. The molecule has 11 nitrogen and oxygen atoms in total. The number of hydrogen-bond donors (Lipinski definition) is 3. The minimum absolute atomic E-state index is 0.0188. The number of nitrogens with one attached hydrogen (secondary N) is 3. The monoisotopic (exact) mass is 462 g/mol. The number of ether oxygens (including phenoxy) is 1. The van der Waals surface area contributed by atoms with Crippen molar-refractivity contribution in [1.29, 1.82) is 0 Å². The second-order valence-electron chi connectivity index (χ2n) is 6.98. The van der Waals surface area contributed by atoms with Crippen molar-refractivity contribution in [2.24, 2.45) is 5.92 Å². The summed E-state index contributed by atoms with van der Waals surface area (Å²) in [6, 6.07) is 5.87. The topological polar surface area (TPSA) is 144 Å². The van der Waals surface area contributed by atoms with Crippen LogP contribution in [-0.2, 0) is 4.79 Å². The molecule has 0 atom stereocenters. The van der Waals surface area contributed by atoms with Crippen LogP contribution >= 0.6 is 0 Å². The van der Waals surface area contributed by atoms with E-state index in [2.05, 4.69) is 35.5 Å². The number of carbonyl (C=O) groups excluding carboxylic acids is 2. The Hall–Kier alpha value is -4.16. The molecule has 3 aromatic rings. The van der Waals surface area contributed by atoms with E-state index in [0.29, 0.717) is 0 Å². The largest absolute Gasteiger partial charge is 0.494 e. The Morgan fingerprint density at radius 3 is 2.76 bits per heavy atom. The first-order valence-electron chi connectivity index (χ1n) is 11.1. The fourth-order valence-corrected chi connectivity index (χ4v) is 2.96. The summed E-state index contributed by atoms with van der Waals surface area (Å²) in [5, 5.41) is 18.5. The van der Waals surface area contributed by atoms with Gasteiger partial charge in [0.05, 0.1) is 24.0 Å². The van der Waals surface area contributed by atoms with Crippen molar-refractivity contribution in [3.05, 3.63) is 35.9 Å². The van der Waals surface area contributed by atoms with Crippen molar-refractivity contribution in [2.75, 3.05) is 24.7 Å². The van der Waals surface area contributed by atoms with E-state index in [1.807, 2.05) is 5.32 Å². The van der Waals surface area contributed by atoms with Crippen molar-refractivity contribution in [3.8, 4) is 17.1 Å². The molecule has 2 heterocycles. The molecule has 1 aliphatic rings. The lowest BCUT2D eigenvalue weighted by Gasteiger charge is -2.16. The van der Waals surface area contributed by atoms with E-state index < -0.39 is 25.2 Å². The molecule has 172 valence electrons. The van der Waals surface area contributed by atoms with Crippen LogP contribution in [0.15, 0.2) is 28.8 Å². The van der Waals surface area contributed by atoms with Crippen molar-refractivity contribution >= 4 is 29.0 Å². The quantitative estimate of drug-likeness (QED) is 0.460. The predicted octanol–water partition coefficient (Wildman–Crippen LogP) is 2.92. The molecule has 2 aromatic heterocycles. The highest BCUT2D eigenvalue weighted by Gasteiger charge is 2.30. The summed E-state index contributed by atoms with van der Waals surface area (Å²) in [5.74, 6) is -2.37. The standard InChI is InChI=1S/C20H19F2N7O4/c1-23-19(31)14-12(8-13(27-28-14)25-18(30)9-6-7-9)24-11-5-3-4-10(15(11)32-2)17-26-20(16(21)22)33-29-17/h3-5,8-9,16H,6-7H2,1-2H3,(H,23,31)(H2,24,25,27,30)/i1D3. The maximum Gasteiger partial charge on any atom is 0.315 e. The SMILES string of the molecule is [2H]C([2H])([2H])NC(=O)c1nnc(NC(=O)C2CC2)cc1Nc1cccc(-c2noc(C(F)F)n2)c1OC. The van der Waals surface area contributed by atoms with Crippen molar-refractivity contribution < 1.29 is 31.7 Å². The molecule has 0 spiro atoms. The first-order valence-corrected chi connectivity index (χ1v) is 9.63. The lowest BCUT2D eigenvalue weighted by atomic mass is 10.1. The molecule has 0 radical (unpaired) electrons. The van der Waals surface area contributed by atoms with Crippen molar-refractivity contribution in [3.63, 3.8) is 0 Å². The molecule has 1 aliphatic carbocycles. The number of rotatable bonds is 8. The fraction of sp³-hybridized carbons (Fsp3) is 0.300. The van der Waals surface area contributed by atoms with E-state index in [1.54, 1.807) is 0 Å². The van der Waals surface area contributed by atoms with Crippen molar-refractivity contribution in [1.82, 2.24) is 25.7 Å². The van der Waals surface area contributed by atoms with Crippen LogP contribution in [0.4, 0.5) is 26.0 Å². The van der Waals surface area contributed by atoms with Crippen LogP contribution in [0.2, 0.25) is 0 Å². The normalized spacial score (nSPS) is 14.7. The second-order valence-corrected chi connectivity index (χ2v) is 6.98. The summed E-state index contributed by atoms with van der Waals surface area (Å²) in [6.45, 7) is -2.80. The van der Waals surface area contributed by atoms with Gasteiger partial charge in [0.1, 0.15) is 0 Å². The molecule has 0 unspecified atom stereocenters. The van der Waals surface area contributed by atoms with E-state index in [0.717, 1.165) is 12.8 Å². The van der Waals surface area contributed by atoms with Gasteiger partial charge in [0.2, 0.25) is 11.7 Å². The maximum absolute atomic E-state index is 12.9. The van der Waals surface area contributed by atoms with Gasteiger partial charge in [0.25, 0.3) is 11.8 Å². The first kappa shape index (κ1) is 18.4. The van der Waals surface area contributed by atoms with E-state index in [1.165, 1.54) is 31.4 Å². The Balaban J connectivity index is 1.72. The third-order valence-corrected chi connectivity index (χ3v) is 4.68. The zero-order valence-corrected chi connectivity index (χ0v) is 17.1. The highest BCUT2D eigenvalue weighted by molar-refractivity contribution is 6.00. The molecular weight excluding hydrogens is 440 g/mol. The highest BCUT2D eigenvalue weighted by Crippen LogP contribution is 2.38. The van der Waals surface area contributed by atoms with Gasteiger partial charge < -0.3 is 25.2 Å². The summed E-state index contributed by atoms with van der Waals surface area (Å²) in [7, 11) is 1.31. The highest BCUT2D eigenvalue weighted by atomic mass is 19.3. The lowest BCUT2D eigenvalue weighted by molar-refractivity contribution is -0.117. The maximum atomic E-state index is 12.9. The number of nitrogens with zero attached hydrogens (tertiary/aromatic N) is 4. The lowest BCUT2D eigenvalue weighted by Crippen LogP contribution is -2.22. The molecule has 0 bridgehead atoms. The molecule has 33 heavy (non-hydrogen) atoms. The number of methoxy groups -OCH3 is 1. The molecule has 3 N–H and O–H groups in total. The molecule has 4 rings (SSSR count). The number of para-hydroxylation sites is 1. The summed E-state index contributed by atoms with van der Waals surface area (Å²) < 4.78 is 57.7. The molecule has 0 saturated heterocycles. The van der Waals surface area contributed by atoms with Gasteiger partial charge in [-0.05, 0) is 25.0 Å². The smallest absolute Gasteiger partial charge is 0.315 e. The number of amides is 2. The molecule has 1 aromatic carbocycles. The molecule has 0 aliphatic heterocycles. The third-order valence-electron chi connectivity index (χ3n) is 4.68. The summed E-state index contributed by atoms with van der Waals surface area (Å²) in [6.07, 6.45) is -1.47. The van der Waals surface area contributed by atoms with Gasteiger partial charge >= 0.3 is 6.43 Å². The fourth-order valence-electron chi connectivity index (χ4n) is 2.96. The Labute approximate surface area is 190 Å². The molecule has 2 amide bonds. The Morgan fingerprint density at radius 2 is 2.09 bits per heavy atom. The summed E-state index contributed by atoms with van der Waals surface area (Å²) in [4.78, 5) is 28.4. The number of hydrogen-bond acceptors (Lipinski definition) is 9. The summed E-state index contributed by atoms with van der Waals surface area (Å²) >= 11 is 0. The Morgan fingerprint density at radius 1 is 1.27 bits per heavy atom. The van der Waals surface area contributed by atoms with Crippen LogP contribution in [-0.4, -0.2) is 46.2 Å². The van der Waals surface area contributed by atoms with Gasteiger partial charge in [0.15, 0.2) is 17.3 Å². The average molecular weight is 462 g/mol. The minimum Gasteiger partial charge on any atom is -0.494 e. The Kier molecular flexibility index (Phi) is 5.10. The van der Waals surface area contributed by atoms with Crippen LogP contribution in [0.3, 0.4) is 0 Å². The Bertz CT molecular complexity index is 1300. The van der Waals surface area contributed by atoms with Crippen LogP contribution in [0.1, 0.15) is 39.8 Å². The van der Waals surface area contributed by atoms with E-state index in [-0.39, 0.29) is 51.8 Å². The average Bonchev–Trinajstić information content (AvgIpc) is 3.54. The van der Waals surface area contributed by atoms with Gasteiger partial charge in [-0.2, -0.15) is 13.8 Å². The van der Waals surface area contributed by atoms with Gasteiger partial charge in [-0.15, -0.1) is 10.2 Å². The zero-order valence-electron chi connectivity index (χ0n) is 20.1. The molecule has 13 heteroatoms. The molecule has 1 saturated carbocycles. The van der Waals surface area contributed by atoms with Crippen LogP contribution < -0.4 is 20.7 Å². The number of aromatic nitrogens is 4. The second kappa shape index (κ2) is 9.14. The zero-order chi connectivity index (χ0) is 26.0. The molecule has 1 fully saturated rings. The number of carbonyl (C=O) groups is 2. The van der Waals surface area contributed by atoms with Gasteiger partial charge in [-0.3, -0.25) is 9.59 Å². The van der Waals surface area contributed by atoms with Crippen molar-refractivity contribution in [2.45, 2.75) is 19.3 Å². The number of anilines is 3. The number of alkyl halides is 2. The first-order chi connectivity index (χ1) is 17.1. The van der Waals surface area contributed by atoms with E-state index in [9.17, 15) is 18.4 Å². The van der Waals surface area contributed by atoms with Crippen LogP contribution in [0.5, 0.6) is 5.75 Å². The van der Waals surface area contributed by atoms with Crippen LogP contribution in [0.25, 0.3) is 11.4 Å². The predicted molar refractivity (Wildman–Crippen MR) is 111 cm³/mol. The minimum atomic E-state index is -2.97.